The predicted molar refractivity (Wildman–Crippen MR) is 90.2 cm³/mol. The van der Waals surface area contributed by atoms with E-state index in [9.17, 15) is 9.59 Å². The highest BCUT2D eigenvalue weighted by Gasteiger charge is 1.99. The lowest BCUT2D eigenvalue weighted by Gasteiger charge is -2.03. The largest absolute Gasteiger partial charge is 0.290 e. The molecule has 0 aromatic carbocycles. The molecule has 0 aliphatic carbocycles. The first-order valence-corrected chi connectivity index (χ1v) is 9.22. The van der Waals surface area contributed by atoms with Gasteiger partial charge in [0.15, 0.2) is 0 Å². The third kappa shape index (κ3) is 17.3. The lowest BCUT2D eigenvalue weighted by atomic mass is 10.0. The molecule has 0 N–H and O–H groups in total. The summed E-state index contributed by atoms with van der Waals surface area (Å²) in [5, 5.41) is 0. The van der Waals surface area contributed by atoms with Gasteiger partial charge in [-0.3, -0.25) is 9.59 Å². The lowest BCUT2D eigenvalue weighted by Crippen LogP contribution is -1.97. The Hall–Kier alpha value is -0.660. The Morgan fingerprint density at radius 3 is 1.29 bits per heavy atom. The summed E-state index contributed by atoms with van der Waals surface area (Å²) in [5.74, 6) is -0.371. The van der Waals surface area contributed by atoms with Gasteiger partial charge in [-0.2, -0.15) is 0 Å². The standard InChI is InChI=1S/C19H35O2/c1-2-3-4-5-6-7-8-9-10-11-12-13-14-15-16-17-19(21)18-20/h2-17H2,1H3. The summed E-state index contributed by atoms with van der Waals surface area (Å²) in [6.07, 6.45) is 21.5. The average Bonchev–Trinajstić information content (AvgIpc) is 2.50. The summed E-state index contributed by atoms with van der Waals surface area (Å²) in [6.45, 7) is 2.27. The van der Waals surface area contributed by atoms with Gasteiger partial charge in [-0.05, 0) is 6.42 Å². The molecule has 0 aliphatic rings. The first-order chi connectivity index (χ1) is 10.3. The molecule has 123 valence electrons. The second-order valence-electron chi connectivity index (χ2n) is 6.22. The van der Waals surface area contributed by atoms with E-state index in [1.165, 1.54) is 89.8 Å². The monoisotopic (exact) mass is 295 g/mol. The first kappa shape index (κ1) is 20.3. The van der Waals surface area contributed by atoms with Gasteiger partial charge in [0.05, 0.1) is 0 Å². The fourth-order valence-corrected chi connectivity index (χ4v) is 2.71. The molecule has 0 aliphatic heterocycles. The zero-order valence-corrected chi connectivity index (χ0v) is 14.1. The molecule has 0 spiro atoms. The highest BCUT2D eigenvalue weighted by Crippen LogP contribution is 2.13. The van der Waals surface area contributed by atoms with E-state index in [1.807, 2.05) is 0 Å². The van der Waals surface area contributed by atoms with Crippen LogP contribution in [-0.4, -0.2) is 12.1 Å². The first-order valence-electron chi connectivity index (χ1n) is 9.22. The fourth-order valence-electron chi connectivity index (χ4n) is 2.71. The maximum absolute atomic E-state index is 10.7. The second kappa shape index (κ2) is 17.4. The Labute approximate surface area is 132 Å². The summed E-state index contributed by atoms with van der Waals surface area (Å²) in [6, 6.07) is 0. The second-order valence-corrected chi connectivity index (χ2v) is 6.22. The van der Waals surface area contributed by atoms with Gasteiger partial charge >= 0.3 is 0 Å². The Balaban J connectivity index is 2.99. The van der Waals surface area contributed by atoms with Crippen molar-refractivity contribution in [2.75, 3.05) is 0 Å². The minimum absolute atomic E-state index is 0.371. The Bertz CT molecular complexity index is 236. The van der Waals surface area contributed by atoms with E-state index >= 15 is 0 Å². The van der Waals surface area contributed by atoms with Crippen LogP contribution in [0.2, 0.25) is 0 Å². The molecule has 0 bridgehead atoms. The smallest absolute Gasteiger partial charge is 0.272 e. The molecular formula is C19H35O2. The summed E-state index contributed by atoms with van der Waals surface area (Å²) in [5.41, 5.74) is 0. The van der Waals surface area contributed by atoms with Crippen LogP contribution in [-0.2, 0) is 9.59 Å². The molecule has 0 unspecified atom stereocenters. The highest BCUT2D eigenvalue weighted by molar-refractivity contribution is 6.25. The number of rotatable bonds is 17. The van der Waals surface area contributed by atoms with Crippen molar-refractivity contribution in [3.05, 3.63) is 0 Å². The van der Waals surface area contributed by atoms with Gasteiger partial charge < -0.3 is 0 Å². The number of ketones is 1. The molecule has 0 saturated heterocycles. The van der Waals surface area contributed by atoms with E-state index in [4.69, 9.17) is 0 Å². The van der Waals surface area contributed by atoms with Crippen molar-refractivity contribution in [3.8, 4) is 0 Å². The SMILES string of the molecule is CCCCCCCCCCCCCCCCCC(=O)[C]=O. The third-order valence-electron chi connectivity index (χ3n) is 4.12. The third-order valence-corrected chi connectivity index (χ3v) is 4.12. The van der Waals surface area contributed by atoms with Gasteiger partial charge in [0.1, 0.15) is 0 Å². The van der Waals surface area contributed by atoms with Crippen molar-refractivity contribution in [3.63, 3.8) is 0 Å². The highest BCUT2D eigenvalue weighted by atomic mass is 16.2. The quantitative estimate of drug-likeness (QED) is 0.246. The number of hydrogen-bond donors (Lipinski definition) is 0. The molecule has 0 amide bonds. The predicted octanol–water partition coefficient (Wildman–Crippen LogP) is 5.93. The van der Waals surface area contributed by atoms with Gasteiger partial charge in [-0.15, -0.1) is 0 Å². The van der Waals surface area contributed by atoms with Gasteiger partial charge in [0, 0.05) is 6.42 Å². The molecule has 0 heterocycles. The summed E-state index contributed by atoms with van der Waals surface area (Å²) >= 11 is 0. The van der Waals surface area contributed by atoms with E-state index in [0.717, 1.165) is 12.8 Å². The van der Waals surface area contributed by atoms with Crippen molar-refractivity contribution in [2.45, 2.75) is 110 Å². The van der Waals surface area contributed by atoms with Crippen LogP contribution in [0.15, 0.2) is 0 Å². The summed E-state index contributed by atoms with van der Waals surface area (Å²) in [7, 11) is 0. The Morgan fingerprint density at radius 1 is 0.619 bits per heavy atom. The van der Waals surface area contributed by atoms with Gasteiger partial charge in [-0.1, -0.05) is 96.8 Å². The summed E-state index contributed by atoms with van der Waals surface area (Å²) < 4.78 is 0. The maximum Gasteiger partial charge on any atom is 0.272 e. The van der Waals surface area contributed by atoms with E-state index in [1.54, 1.807) is 0 Å². The van der Waals surface area contributed by atoms with Crippen LogP contribution in [0.25, 0.3) is 0 Å². The van der Waals surface area contributed by atoms with Crippen molar-refractivity contribution >= 4 is 12.1 Å². The van der Waals surface area contributed by atoms with Crippen LogP contribution in [0.4, 0.5) is 0 Å². The number of unbranched alkanes of at least 4 members (excludes halogenated alkanes) is 14. The molecule has 0 aromatic rings. The molecule has 0 rings (SSSR count). The zero-order chi connectivity index (χ0) is 15.6. The molecule has 2 heteroatoms. The topological polar surface area (TPSA) is 34.1 Å². The van der Waals surface area contributed by atoms with Crippen molar-refractivity contribution in [1.29, 1.82) is 0 Å². The molecule has 1 radical (unpaired) electrons. The van der Waals surface area contributed by atoms with Crippen molar-refractivity contribution in [2.24, 2.45) is 0 Å². The number of carbonyl (C=O) groups is 1. The van der Waals surface area contributed by atoms with Crippen LogP contribution in [0, 0.1) is 0 Å². The van der Waals surface area contributed by atoms with Crippen LogP contribution in [0.1, 0.15) is 110 Å². The fraction of sp³-hybridized carbons (Fsp3) is 0.895. The normalized spacial score (nSPS) is 10.7. The zero-order valence-electron chi connectivity index (χ0n) is 14.1. The minimum Gasteiger partial charge on any atom is -0.290 e. The lowest BCUT2D eigenvalue weighted by molar-refractivity contribution is -0.113. The van der Waals surface area contributed by atoms with Gasteiger partial charge in [0.2, 0.25) is 5.78 Å². The van der Waals surface area contributed by atoms with E-state index in [-0.39, 0.29) is 5.78 Å². The van der Waals surface area contributed by atoms with Crippen molar-refractivity contribution in [1.82, 2.24) is 0 Å². The molecule has 0 fully saturated rings. The Kier molecular flexibility index (Phi) is 16.8. The molecule has 21 heavy (non-hydrogen) atoms. The average molecular weight is 295 g/mol. The van der Waals surface area contributed by atoms with Gasteiger partial charge in [-0.25, -0.2) is 0 Å². The van der Waals surface area contributed by atoms with E-state index in [0.29, 0.717) is 6.42 Å². The minimum atomic E-state index is -0.371. The van der Waals surface area contributed by atoms with E-state index in [2.05, 4.69) is 6.92 Å². The molecular weight excluding hydrogens is 260 g/mol. The van der Waals surface area contributed by atoms with Crippen LogP contribution in [0.3, 0.4) is 0 Å². The number of hydrogen-bond acceptors (Lipinski definition) is 2. The number of carbonyl (C=O) groups excluding carboxylic acids is 2. The van der Waals surface area contributed by atoms with Crippen LogP contribution < -0.4 is 0 Å². The van der Waals surface area contributed by atoms with E-state index < -0.39 is 0 Å². The van der Waals surface area contributed by atoms with Crippen LogP contribution >= 0.6 is 0 Å². The number of Topliss-reactive ketones (excluding diaryl/α,β-unsaturated/α-hetero) is 1. The maximum atomic E-state index is 10.7. The van der Waals surface area contributed by atoms with Gasteiger partial charge in [0.25, 0.3) is 6.29 Å². The molecule has 2 nitrogen and oxygen atoms in total. The summed E-state index contributed by atoms with van der Waals surface area (Å²) in [4.78, 5) is 20.7. The van der Waals surface area contributed by atoms with Crippen molar-refractivity contribution < 1.29 is 9.59 Å². The molecule has 0 aromatic heterocycles. The van der Waals surface area contributed by atoms with Crippen LogP contribution in [0.5, 0.6) is 0 Å². The molecule has 0 atom stereocenters. The molecule has 0 saturated carbocycles. The Morgan fingerprint density at radius 2 is 0.952 bits per heavy atom.